The van der Waals surface area contributed by atoms with Crippen molar-refractivity contribution in [1.82, 2.24) is 0 Å². The molecule has 0 rings (SSSR count). The summed E-state index contributed by atoms with van der Waals surface area (Å²) in [5, 5.41) is 0. The highest BCUT2D eigenvalue weighted by atomic mass is 13.9. The van der Waals surface area contributed by atoms with E-state index in [2.05, 4.69) is 38.2 Å². The highest BCUT2D eigenvalue weighted by molar-refractivity contribution is 4.88. The van der Waals surface area contributed by atoms with Crippen molar-refractivity contribution in [3.8, 4) is 0 Å². The van der Waals surface area contributed by atoms with Crippen molar-refractivity contribution in [3.05, 3.63) is 31.2 Å². The van der Waals surface area contributed by atoms with E-state index < -0.39 is 0 Å². The lowest BCUT2D eigenvalue weighted by atomic mass is 10.1. The first-order valence-corrected chi connectivity index (χ1v) is 8.01. The van der Waals surface area contributed by atoms with Gasteiger partial charge in [0.15, 0.2) is 0 Å². The van der Waals surface area contributed by atoms with Gasteiger partial charge in [-0.05, 0) is 38.5 Å². The van der Waals surface area contributed by atoms with Crippen LogP contribution in [0, 0.1) is 6.92 Å². The summed E-state index contributed by atoms with van der Waals surface area (Å²) in [7, 11) is 0. The van der Waals surface area contributed by atoms with Crippen molar-refractivity contribution in [3.63, 3.8) is 0 Å². The molecule has 0 saturated carbocycles. The van der Waals surface area contributed by atoms with Crippen molar-refractivity contribution in [2.24, 2.45) is 0 Å². The molecular weight excluding hydrogens is 216 g/mol. The summed E-state index contributed by atoms with van der Waals surface area (Å²) in [5.74, 6) is 0. The van der Waals surface area contributed by atoms with Gasteiger partial charge < -0.3 is 0 Å². The molecule has 0 nitrogen and oxygen atoms in total. The number of unbranched alkanes of at least 4 members (excludes halogenated alkanes) is 9. The van der Waals surface area contributed by atoms with E-state index in [1.54, 1.807) is 0 Å². The van der Waals surface area contributed by atoms with Crippen LogP contribution >= 0.6 is 0 Å². The maximum absolute atomic E-state index is 3.86. The molecular formula is C18H33. The minimum absolute atomic E-state index is 1.10. The van der Waals surface area contributed by atoms with E-state index in [9.17, 15) is 0 Å². The van der Waals surface area contributed by atoms with Crippen molar-refractivity contribution >= 4 is 0 Å². The third kappa shape index (κ3) is 15.5. The summed E-state index contributed by atoms with van der Waals surface area (Å²) in [6.07, 6.45) is 24.9. The number of rotatable bonds is 13. The molecule has 0 fully saturated rings. The van der Waals surface area contributed by atoms with Crippen LogP contribution in [0.5, 0.6) is 0 Å². The van der Waals surface area contributed by atoms with Crippen molar-refractivity contribution in [1.29, 1.82) is 0 Å². The summed E-state index contributed by atoms with van der Waals surface area (Å²) in [6, 6.07) is 0. The molecule has 0 aromatic rings. The van der Waals surface area contributed by atoms with Crippen LogP contribution in [0.4, 0.5) is 0 Å². The highest BCUT2D eigenvalue weighted by Gasteiger charge is 1.86. The molecule has 0 saturated heterocycles. The fourth-order valence-electron chi connectivity index (χ4n) is 1.97. The second-order valence-electron chi connectivity index (χ2n) is 5.07. The maximum Gasteiger partial charge on any atom is -0.0316 e. The van der Waals surface area contributed by atoms with Crippen LogP contribution in [0.15, 0.2) is 24.3 Å². The Morgan fingerprint density at radius 1 is 0.611 bits per heavy atom. The lowest BCUT2D eigenvalue weighted by Gasteiger charge is -1.96. The van der Waals surface area contributed by atoms with Gasteiger partial charge in [0.2, 0.25) is 0 Å². The first kappa shape index (κ1) is 17.5. The highest BCUT2D eigenvalue weighted by Crippen LogP contribution is 2.06. The zero-order valence-electron chi connectivity index (χ0n) is 12.5. The Bertz CT molecular complexity index is 188. The van der Waals surface area contributed by atoms with E-state index in [-0.39, 0.29) is 0 Å². The standard InChI is InChI=1S/C18H33/c1-3-5-7-9-11-13-15-17-18-16-14-12-10-8-6-4-2/h12,14-15,17H,1,3-11,13,16,18H2,2H3. The van der Waals surface area contributed by atoms with Crippen molar-refractivity contribution in [2.45, 2.75) is 84.0 Å². The Kier molecular flexibility index (Phi) is 16.0. The predicted octanol–water partition coefficient (Wildman–Crippen LogP) is 6.63. The summed E-state index contributed by atoms with van der Waals surface area (Å²) in [4.78, 5) is 0. The molecule has 0 aliphatic heterocycles. The fraction of sp³-hybridized carbons (Fsp3) is 0.722. The summed E-state index contributed by atoms with van der Waals surface area (Å²) >= 11 is 0. The maximum atomic E-state index is 3.86. The third-order valence-electron chi connectivity index (χ3n) is 3.18. The molecule has 1 radical (unpaired) electrons. The van der Waals surface area contributed by atoms with Gasteiger partial charge >= 0.3 is 0 Å². The average Bonchev–Trinajstić information content (AvgIpc) is 2.39. The van der Waals surface area contributed by atoms with Crippen molar-refractivity contribution in [2.75, 3.05) is 0 Å². The number of hydrogen-bond donors (Lipinski definition) is 0. The second-order valence-corrected chi connectivity index (χ2v) is 5.07. The number of hydrogen-bond acceptors (Lipinski definition) is 0. The van der Waals surface area contributed by atoms with Gasteiger partial charge in [0.05, 0.1) is 0 Å². The SMILES string of the molecule is [CH2]CCCCCCC=CCCC=CCCCCC. The molecule has 0 amide bonds. The Morgan fingerprint density at radius 2 is 1.11 bits per heavy atom. The molecule has 0 aliphatic carbocycles. The van der Waals surface area contributed by atoms with Crippen LogP contribution in [0.25, 0.3) is 0 Å². The Balaban J connectivity index is 3.12. The van der Waals surface area contributed by atoms with Gasteiger partial charge in [0, 0.05) is 0 Å². The smallest absolute Gasteiger partial charge is 0.0316 e. The Labute approximate surface area is 116 Å². The van der Waals surface area contributed by atoms with Gasteiger partial charge in [-0.2, -0.15) is 0 Å². The Hall–Kier alpha value is -0.520. The van der Waals surface area contributed by atoms with Gasteiger partial charge in [-0.1, -0.05) is 76.7 Å². The minimum Gasteiger partial charge on any atom is -0.0885 e. The summed E-state index contributed by atoms with van der Waals surface area (Å²) in [6.45, 7) is 6.12. The number of allylic oxidation sites excluding steroid dienone is 4. The lowest BCUT2D eigenvalue weighted by Crippen LogP contribution is -1.76. The van der Waals surface area contributed by atoms with Gasteiger partial charge in [-0.25, -0.2) is 0 Å². The average molecular weight is 249 g/mol. The van der Waals surface area contributed by atoms with E-state index in [4.69, 9.17) is 0 Å². The van der Waals surface area contributed by atoms with Crippen LogP contribution in [0.3, 0.4) is 0 Å². The predicted molar refractivity (Wildman–Crippen MR) is 84.7 cm³/mol. The van der Waals surface area contributed by atoms with Crippen LogP contribution in [-0.4, -0.2) is 0 Å². The molecule has 0 N–H and O–H groups in total. The van der Waals surface area contributed by atoms with Crippen LogP contribution < -0.4 is 0 Å². The van der Waals surface area contributed by atoms with E-state index in [0.717, 1.165) is 6.42 Å². The molecule has 0 aromatic heterocycles. The molecule has 105 valence electrons. The topological polar surface area (TPSA) is 0 Å². The monoisotopic (exact) mass is 249 g/mol. The molecule has 0 heterocycles. The van der Waals surface area contributed by atoms with Gasteiger partial charge in [0.25, 0.3) is 0 Å². The van der Waals surface area contributed by atoms with E-state index >= 15 is 0 Å². The largest absolute Gasteiger partial charge is 0.0885 e. The quantitative estimate of drug-likeness (QED) is 0.254. The van der Waals surface area contributed by atoms with Gasteiger partial charge in [0.1, 0.15) is 0 Å². The first-order valence-electron chi connectivity index (χ1n) is 8.01. The zero-order chi connectivity index (χ0) is 13.3. The fourth-order valence-corrected chi connectivity index (χ4v) is 1.97. The van der Waals surface area contributed by atoms with E-state index in [0.29, 0.717) is 0 Å². The lowest BCUT2D eigenvalue weighted by molar-refractivity contribution is 0.651. The second kappa shape index (κ2) is 16.5. The molecule has 0 aromatic carbocycles. The normalized spacial score (nSPS) is 11.9. The van der Waals surface area contributed by atoms with Crippen molar-refractivity contribution < 1.29 is 0 Å². The van der Waals surface area contributed by atoms with Crippen LogP contribution in [0.2, 0.25) is 0 Å². The summed E-state index contributed by atoms with van der Waals surface area (Å²) < 4.78 is 0. The molecule has 0 atom stereocenters. The Morgan fingerprint density at radius 3 is 1.67 bits per heavy atom. The molecule has 0 unspecified atom stereocenters. The van der Waals surface area contributed by atoms with E-state index in [1.807, 2.05) is 0 Å². The molecule has 18 heavy (non-hydrogen) atoms. The first-order chi connectivity index (χ1) is 8.91. The zero-order valence-corrected chi connectivity index (χ0v) is 12.5. The third-order valence-corrected chi connectivity index (χ3v) is 3.18. The van der Waals surface area contributed by atoms with Crippen LogP contribution in [0.1, 0.15) is 84.0 Å². The minimum atomic E-state index is 1.10. The molecule has 0 spiro atoms. The van der Waals surface area contributed by atoms with Gasteiger partial charge in [-0.15, -0.1) is 0 Å². The van der Waals surface area contributed by atoms with E-state index in [1.165, 1.54) is 70.6 Å². The summed E-state index contributed by atoms with van der Waals surface area (Å²) in [5.41, 5.74) is 0. The molecule has 0 heteroatoms. The van der Waals surface area contributed by atoms with Crippen LogP contribution in [-0.2, 0) is 0 Å². The molecule has 0 aliphatic rings. The molecule has 0 bridgehead atoms. The van der Waals surface area contributed by atoms with Gasteiger partial charge in [-0.3, -0.25) is 0 Å².